The number of carbonyl (C=O) groups excluding carboxylic acids is 1. The molecule has 0 aromatic heterocycles. The maximum atomic E-state index is 12.5. The van der Waals surface area contributed by atoms with Gasteiger partial charge in [0.05, 0.1) is 18.8 Å². The fraction of sp³-hybridized carbons (Fsp3) is 0.764. The molecule has 2 unspecified atom stereocenters. The number of aliphatic hydroxyl groups is 2. The average molecular weight is 1060 g/mol. The Labute approximate surface area is 474 Å². The van der Waals surface area contributed by atoms with Gasteiger partial charge in [0, 0.05) is 6.42 Å². The van der Waals surface area contributed by atoms with Crippen molar-refractivity contribution in [3.8, 4) is 0 Å². The van der Waals surface area contributed by atoms with Crippen molar-refractivity contribution in [3.05, 3.63) is 97.2 Å². The molecule has 440 valence electrons. The van der Waals surface area contributed by atoms with Gasteiger partial charge in [0.1, 0.15) is 0 Å². The van der Waals surface area contributed by atoms with Gasteiger partial charge in [-0.2, -0.15) is 0 Å². The van der Waals surface area contributed by atoms with Gasteiger partial charge < -0.3 is 15.5 Å². The molecule has 4 heteroatoms. The number of rotatable bonds is 61. The fourth-order valence-corrected chi connectivity index (χ4v) is 10.1. The number of allylic oxidation sites excluding steroid dienone is 16. The summed E-state index contributed by atoms with van der Waals surface area (Å²) in [6, 6.07) is -0.554. The van der Waals surface area contributed by atoms with E-state index in [1.807, 2.05) is 0 Å². The molecule has 0 aliphatic heterocycles. The summed E-state index contributed by atoms with van der Waals surface area (Å²) >= 11 is 0. The predicted molar refractivity (Wildman–Crippen MR) is 340 cm³/mol. The Morgan fingerprint density at radius 2 is 0.579 bits per heavy atom. The summed E-state index contributed by atoms with van der Waals surface area (Å²) in [5.74, 6) is -0.0455. The van der Waals surface area contributed by atoms with Gasteiger partial charge in [-0.05, 0) is 77.0 Å². The second kappa shape index (κ2) is 66.6. The Balaban J connectivity index is 3.50. The molecule has 2 atom stereocenters. The lowest BCUT2D eigenvalue weighted by Gasteiger charge is -2.22. The Hall–Kier alpha value is -2.69. The van der Waals surface area contributed by atoms with E-state index >= 15 is 0 Å². The molecule has 0 aromatic carbocycles. The largest absolute Gasteiger partial charge is 0.394 e. The molecule has 0 radical (unpaired) electrons. The summed E-state index contributed by atoms with van der Waals surface area (Å²) in [5, 5.41) is 23.4. The number of unbranched alkanes of at least 4 members (excludes halogenated alkanes) is 38. The number of hydrogen-bond acceptors (Lipinski definition) is 3. The molecule has 0 saturated carbocycles. The Kier molecular flexibility index (Phi) is 64.2. The first-order valence-corrected chi connectivity index (χ1v) is 33.4. The van der Waals surface area contributed by atoms with Crippen LogP contribution in [0.25, 0.3) is 0 Å². The van der Waals surface area contributed by atoms with Gasteiger partial charge in [0.2, 0.25) is 5.91 Å². The zero-order valence-electron chi connectivity index (χ0n) is 50.8. The third-order valence-corrected chi connectivity index (χ3v) is 15.1. The van der Waals surface area contributed by atoms with E-state index in [-0.39, 0.29) is 12.5 Å². The Morgan fingerprint density at radius 3 is 0.868 bits per heavy atom. The van der Waals surface area contributed by atoms with E-state index in [4.69, 9.17) is 0 Å². The van der Waals surface area contributed by atoms with E-state index in [1.165, 1.54) is 218 Å². The van der Waals surface area contributed by atoms with Crippen LogP contribution in [0.5, 0.6) is 0 Å². The van der Waals surface area contributed by atoms with Crippen molar-refractivity contribution in [2.75, 3.05) is 6.61 Å². The first-order valence-electron chi connectivity index (χ1n) is 33.4. The molecule has 4 nitrogen and oxygen atoms in total. The second-order valence-electron chi connectivity index (χ2n) is 22.5. The molecule has 0 aromatic rings. The second-order valence-corrected chi connectivity index (χ2v) is 22.5. The van der Waals surface area contributed by atoms with E-state index in [2.05, 4.69) is 116 Å². The van der Waals surface area contributed by atoms with E-state index < -0.39 is 12.1 Å². The first kappa shape index (κ1) is 73.3. The summed E-state index contributed by atoms with van der Waals surface area (Å²) in [6.07, 6.45) is 98.7. The van der Waals surface area contributed by atoms with Gasteiger partial charge in [-0.15, -0.1) is 0 Å². The van der Waals surface area contributed by atoms with E-state index in [0.29, 0.717) is 12.8 Å². The van der Waals surface area contributed by atoms with Crippen LogP contribution < -0.4 is 5.32 Å². The molecule has 0 saturated heterocycles. The van der Waals surface area contributed by atoms with Crippen LogP contribution >= 0.6 is 0 Å². The maximum Gasteiger partial charge on any atom is 0.220 e. The minimum Gasteiger partial charge on any atom is -0.394 e. The van der Waals surface area contributed by atoms with Gasteiger partial charge in [-0.1, -0.05) is 349 Å². The molecule has 0 bridgehead atoms. The van der Waals surface area contributed by atoms with Crippen molar-refractivity contribution >= 4 is 5.91 Å². The van der Waals surface area contributed by atoms with Crippen LogP contribution in [0.15, 0.2) is 97.2 Å². The highest BCUT2D eigenvalue weighted by Crippen LogP contribution is 2.18. The van der Waals surface area contributed by atoms with Gasteiger partial charge in [-0.25, -0.2) is 0 Å². The maximum absolute atomic E-state index is 12.5. The van der Waals surface area contributed by atoms with Crippen molar-refractivity contribution in [1.29, 1.82) is 0 Å². The molecule has 0 heterocycles. The molecule has 76 heavy (non-hydrogen) atoms. The van der Waals surface area contributed by atoms with Crippen molar-refractivity contribution in [3.63, 3.8) is 0 Å². The molecule has 0 spiro atoms. The smallest absolute Gasteiger partial charge is 0.220 e. The highest BCUT2D eigenvalue weighted by atomic mass is 16.3. The zero-order chi connectivity index (χ0) is 54.8. The SMILES string of the molecule is CC/C=C\C/C=C\C/C=C\C/C=C\C/C=C\C/C=C\C/C=C\C/C=C\CCCCCCCCC(=O)NC(CO)C(O)CCCCCCCCCCCCCCCCCCCCCCCCCCCCCCCCCCC. The molecule has 3 N–H and O–H groups in total. The highest BCUT2D eigenvalue weighted by molar-refractivity contribution is 5.76. The fourth-order valence-electron chi connectivity index (χ4n) is 10.1. The van der Waals surface area contributed by atoms with Crippen molar-refractivity contribution in [2.45, 2.75) is 347 Å². The zero-order valence-corrected chi connectivity index (χ0v) is 50.8. The lowest BCUT2D eigenvalue weighted by molar-refractivity contribution is -0.123. The summed E-state index contributed by atoms with van der Waals surface area (Å²) in [5.41, 5.74) is 0. The van der Waals surface area contributed by atoms with E-state index in [9.17, 15) is 15.0 Å². The summed E-state index contributed by atoms with van der Waals surface area (Å²) in [4.78, 5) is 12.5. The Morgan fingerprint density at radius 1 is 0.329 bits per heavy atom. The average Bonchev–Trinajstić information content (AvgIpc) is 3.42. The van der Waals surface area contributed by atoms with Crippen LogP contribution in [0.3, 0.4) is 0 Å². The number of amides is 1. The lowest BCUT2D eigenvalue weighted by Crippen LogP contribution is -2.45. The Bertz CT molecular complexity index is 1380. The number of carbonyl (C=O) groups is 1. The van der Waals surface area contributed by atoms with Gasteiger partial charge in [0.15, 0.2) is 0 Å². The van der Waals surface area contributed by atoms with Crippen molar-refractivity contribution in [2.24, 2.45) is 0 Å². The van der Waals surface area contributed by atoms with Gasteiger partial charge in [0.25, 0.3) is 0 Å². The number of aliphatic hydroxyl groups excluding tert-OH is 2. The number of hydrogen-bond donors (Lipinski definition) is 3. The van der Waals surface area contributed by atoms with Crippen LogP contribution in [0.4, 0.5) is 0 Å². The summed E-state index contributed by atoms with van der Waals surface area (Å²) < 4.78 is 0. The molecule has 0 fully saturated rings. The van der Waals surface area contributed by atoms with E-state index in [1.54, 1.807) is 0 Å². The van der Waals surface area contributed by atoms with Crippen LogP contribution in [0.2, 0.25) is 0 Å². The standard InChI is InChI=1S/C72H129NO3/c1-3-5-7-9-11-13-15-17-19-21-23-25-27-29-31-33-35-36-38-39-41-43-45-47-49-51-53-55-57-59-61-63-65-67-71(75)70(69-74)73-72(76)68-66-64-62-60-58-56-54-52-50-48-46-44-42-40-37-34-32-30-28-26-24-22-20-18-16-14-12-10-8-6-4-2/h6,8,12,14,18,20,24,26,30,32,37,40,44,46,50,52,70-71,74-75H,3-5,7,9-11,13,15-17,19,21-23,25,27-29,31,33-36,38-39,41-43,45,47-49,51,53-69H2,1-2H3,(H,73,76)/b8-6-,14-12-,20-18-,26-24-,32-30-,40-37-,46-44-,52-50-. The van der Waals surface area contributed by atoms with Crippen molar-refractivity contribution in [1.82, 2.24) is 5.32 Å². The molecule has 0 rings (SSSR count). The summed E-state index contributed by atoms with van der Waals surface area (Å²) in [6.45, 7) is 4.26. The lowest BCUT2D eigenvalue weighted by atomic mass is 10.0. The van der Waals surface area contributed by atoms with Crippen molar-refractivity contribution < 1.29 is 15.0 Å². The molecule has 0 aliphatic carbocycles. The minimum absolute atomic E-state index is 0.0455. The third-order valence-electron chi connectivity index (χ3n) is 15.1. The first-order chi connectivity index (χ1) is 37.7. The normalized spacial score (nSPS) is 13.4. The quantitative estimate of drug-likeness (QED) is 0.0420. The van der Waals surface area contributed by atoms with Crippen LogP contribution in [0, 0.1) is 0 Å². The van der Waals surface area contributed by atoms with Crippen LogP contribution in [0.1, 0.15) is 335 Å². The minimum atomic E-state index is -0.675. The topological polar surface area (TPSA) is 69.6 Å². The predicted octanol–water partition coefficient (Wildman–Crippen LogP) is 22.8. The monoisotopic (exact) mass is 1060 g/mol. The van der Waals surface area contributed by atoms with E-state index in [0.717, 1.165) is 89.9 Å². The van der Waals surface area contributed by atoms with Gasteiger partial charge >= 0.3 is 0 Å². The van der Waals surface area contributed by atoms with Gasteiger partial charge in [-0.3, -0.25) is 4.79 Å². The highest BCUT2D eigenvalue weighted by Gasteiger charge is 2.20. The third kappa shape index (κ3) is 62.2. The molecular weight excluding hydrogens is 927 g/mol. The molecule has 0 aliphatic rings. The molecule has 1 amide bonds. The van der Waals surface area contributed by atoms with Crippen LogP contribution in [-0.2, 0) is 4.79 Å². The summed E-state index contributed by atoms with van der Waals surface area (Å²) in [7, 11) is 0. The van der Waals surface area contributed by atoms with Crippen LogP contribution in [-0.4, -0.2) is 34.9 Å². The number of nitrogens with one attached hydrogen (secondary N) is 1. The molecular formula is C72H129NO3.